The fraction of sp³-hybridized carbons (Fsp3) is 0.412. The van der Waals surface area contributed by atoms with Crippen LogP contribution in [-0.2, 0) is 24.1 Å². The van der Waals surface area contributed by atoms with E-state index < -0.39 is 0 Å². The minimum Gasteiger partial charge on any atom is -0.296 e. The van der Waals surface area contributed by atoms with Gasteiger partial charge in [0, 0.05) is 31.1 Å². The largest absolute Gasteiger partial charge is 0.296 e. The maximum atomic E-state index is 11.9. The summed E-state index contributed by atoms with van der Waals surface area (Å²) in [5.41, 5.74) is 3.95. The minimum absolute atomic E-state index is 0.0509. The monoisotopic (exact) mass is 310 g/mol. The van der Waals surface area contributed by atoms with E-state index in [4.69, 9.17) is 0 Å². The molecule has 2 aromatic heterocycles. The summed E-state index contributed by atoms with van der Waals surface area (Å²) < 4.78 is 0. The summed E-state index contributed by atoms with van der Waals surface area (Å²) in [5.74, 6) is 0.825. The molecule has 0 radical (unpaired) electrons. The zero-order chi connectivity index (χ0) is 15.8. The van der Waals surface area contributed by atoms with Crippen molar-refractivity contribution in [2.45, 2.75) is 38.5 Å². The molecule has 4 rings (SSSR count). The number of fused-ring (bicyclic) bond motifs is 1. The number of hydrogen-bond donors (Lipinski definition) is 1. The Morgan fingerprint density at radius 1 is 1.13 bits per heavy atom. The summed E-state index contributed by atoms with van der Waals surface area (Å²) in [6.45, 7) is 0.738. The Balaban J connectivity index is 1.65. The molecule has 1 aliphatic carbocycles. The Labute approximate surface area is 133 Å². The van der Waals surface area contributed by atoms with Crippen LogP contribution < -0.4 is 10.5 Å². The van der Waals surface area contributed by atoms with Crippen LogP contribution in [0, 0.1) is 0 Å². The van der Waals surface area contributed by atoms with E-state index in [2.05, 4.69) is 15.2 Å². The lowest BCUT2D eigenvalue weighted by molar-refractivity contribution is -0.122. The third kappa shape index (κ3) is 2.54. The average molecular weight is 310 g/mol. The maximum absolute atomic E-state index is 11.9. The Morgan fingerprint density at radius 2 is 1.96 bits per heavy atom. The summed E-state index contributed by atoms with van der Waals surface area (Å²) in [6, 6.07) is 3.88. The first-order valence-electron chi connectivity index (χ1n) is 8.07. The molecule has 0 aromatic carbocycles. The topological polar surface area (TPSA) is 79.0 Å². The van der Waals surface area contributed by atoms with Crippen molar-refractivity contribution < 1.29 is 4.79 Å². The van der Waals surface area contributed by atoms with Crippen LogP contribution in [0.3, 0.4) is 0 Å². The molecule has 6 heteroatoms. The summed E-state index contributed by atoms with van der Waals surface area (Å²) in [4.78, 5) is 29.5. The second-order valence-corrected chi connectivity index (χ2v) is 6.16. The molecule has 2 aromatic rings. The number of amides is 1. The van der Waals surface area contributed by atoms with Crippen LogP contribution in [0.5, 0.6) is 0 Å². The Bertz CT molecular complexity index is 828. The number of β-lactam (4-membered cyclic amide) rings is 1. The second-order valence-electron chi connectivity index (χ2n) is 6.16. The van der Waals surface area contributed by atoms with Crippen molar-refractivity contribution in [3.8, 4) is 0 Å². The number of carbonyl (C=O) groups excluding carboxylic acids is 1. The van der Waals surface area contributed by atoms with Crippen molar-refractivity contribution in [3.63, 3.8) is 0 Å². The first kappa shape index (κ1) is 14.1. The van der Waals surface area contributed by atoms with Crippen LogP contribution in [0.4, 0.5) is 5.82 Å². The second kappa shape index (κ2) is 5.61. The molecule has 1 saturated heterocycles. The SMILES string of the molecule is O=C1CCN1c1cc(Cc2n[nH]c(=O)c3c2CCCC3)ccn1. The van der Waals surface area contributed by atoms with E-state index in [0.717, 1.165) is 54.6 Å². The molecule has 1 fully saturated rings. The first-order valence-corrected chi connectivity index (χ1v) is 8.07. The molecule has 1 aliphatic heterocycles. The van der Waals surface area contributed by atoms with Crippen LogP contribution in [0.1, 0.15) is 41.6 Å². The number of aromatic nitrogens is 3. The van der Waals surface area contributed by atoms with Crippen molar-refractivity contribution in [2.75, 3.05) is 11.4 Å². The van der Waals surface area contributed by atoms with Crippen LogP contribution in [0.15, 0.2) is 23.1 Å². The zero-order valence-electron chi connectivity index (χ0n) is 12.8. The van der Waals surface area contributed by atoms with Gasteiger partial charge in [-0.1, -0.05) is 0 Å². The lowest BCUT2D eigenvalue weighted by Gasteiger charge is -2.29. The number of hydrogen-bond acceptors (Lipinski definition) is 4. The fourth-order valence-electron chi connectivity index (χ4n) is 3.34. The van der Waals surface area contributed by atoms with E-state index in [1.165, 1.54) is 0 Å². The number of nitrogens with one attached hydrogen (secondary N) is 1. The Morgan fingerprint density at radius 3 is 2.70 bits per heavy atom. The molecular formula is C17H18N4O2. The third-order valence-corrected chi connectivity index (χ3v) is 4.69. The number of carbonyl (C=O) groups is 1. The van der Waals surface area contributed by atoms with Gasteiger partial charge in [0.2, 0.25) is 5.91 Å². The normalized spacial score (nSPS) is 16.9. The van der Waals surface area contributed by atoms with E-state index in [-0.39, 0.29) is 11.5 Å². The van der Waals surface area contributed by atoms with E-state index in [1.807, 2.05) is 12.1 Å². The molecule has 1 N–H and O–H groups in total. The number of anilines is 1. The number of pyridine rings is 1. The van der Waals surface area contributed by atoms with Crippen molar-refractivity contribution in [1.29, 1.82) is 0 Å². The van der Waals surface area contributed by atoms with Gasteiger partial charge in [0.15, 0.2) is 0 Å². The molecule has 0 saturated carbocycles. The highest BCUT2D eigenvalue weighted by Crippen LogP contribution is 2.24. The lowest BCUT2D eigenvalue weighted by Crippen LogP contribution is -2.43. The van der Waals surface area contributed by atoms with Crippen LogP contribution in [-0.4, -0.2) is 27.6 Å². The van der Waals surface area contributed by atoms with Crippen molar-refractivity contribution in [2.24, 2.45) is 0 Å². The van der Waals surface area contributed by atoms with Crippen LogP contribution >= 0.6 is 0 Å². The molecule has 0 spiro atoms. The molecule has 3 heterocycles. The Kier molecular flexibility index (Phi) is 3.44. The van der Waals surface area contributed by atoms with Gasteiger partial charge in [0.25, 0.3) is 5.56 Å². The standard InChI is InChI=1S/C17H18N4O2/c22-16-6-8-21(16)15-10-11(5-7-18-15)9-14-12-3-1-2-4-13(12)17(23)20-19-14/h5,7,10H,1-4,6,8-9H2,(H,20,23). The molecule has 118 valence electrons. The van der Waals surface area contributed by atoms with Gasteiger partial charge in [-0.25, -0.2) is 10.1 Å². The predicted molar refractivity (Wildman–Crippen MR) is 85.5 cm³/mol. The predicted octanol–water partition coefficient (Wildman–Crippen LogP) is 1.37. The summed E-state index contributed by atoms with van der Waals surface area (Å²) in [5, 5.41) is 6.90. The Hall–Kier alpha value is -2.50. The highest BCUT2D eigenvalue weighted by atomic mass is 16.2. The molecule has 2 aliphatic rings. The van der Waals surface area contributed by atoms with Crippen LogP contribution in [0.25, 0.3) is 0 Å². The summed E-state index contributed by atoms with van der Waals surface area (Å²) >= 11 is 0. The molecule has 0 unspecified atom stereocenters. The van der Waals surface area contributed by atoms with Gasteiger partial charge in [0.05, 0.1) is 5.69 Å². The average Bonchev–Trinajstić information content (AvgIpc) is 2.57. The molecule has 0 atom stereocenters. The number of nitrogens with zero attached hydrogens (tertiary/aromatic N) is 3. The van der Waals surface area contributed by atoms with E-state index in [0.29, 0.717) is 18.7 Å². The van der Waals surface area contributed by atoms with Gasteiger partial charge in [-0.3, -0.25) is 14.5 Å². The number of H-pyrrole nitrogens is 1. The van der Waals surface area contributed by atoms with Crippen molar-refractivity contribution in [1.82, 2.24) is 15.2 Å². The van der Waals surface area contributed by atoms with Crippen molar-refractivity contribution >= 4 is 11.7 Å². The summed E-state index contributed by atoms with van der Waals surface area (Å²) in [7, 11) is 0. The zero-order valence-corrected chi connectivity index (χ0v) is 12.8. The van der Waals surface area contributed by atoms with Gasteiger partial charge in [-0.2, -0.15) is 5.10 Å². The number of rotatable bonds is 3. The highest BCUT2D eigenvalue weighted by molar-refractivity contribution is 5.98. The van der Waals surface area contributed by atoms with Crippen molar-refractivity contribution in [3.05, 3.63) is 51.1 Å². The minimum atomic E-state index is -0.0509. The molecule has 6 nitrogen and oxygen atoms in total. The van der Waals surface area contributed by atoms with Gasteiger partial charge >= 0.3 is 0 Å². The lowest BCUT2D eigenvalue weighted by atomic mass is 9.90. The fourth-order valence-corrected chi connectivity index (χ4v) is 3.34. The quantitative estimate of drug-likeness (QED) is 0.869. The van der Waals surface area contributed by atoms with E-state index in [1.54, 1.807) is 11.1 Å². The van der Waals surface area contributed by atoms with Gasteiger partial charge in [-0.15, -0.1) is 0 Å². The molecule has 0 bridgehead atoms. The highest BCUT2D eigenvalue weighted by Gasteiger charge is 2.26. The van der Waals surface area contributed by atoms with E-state index in [9.17, 15) is 9.59 Å². The van der Waals surface area contributed by atoms with Crippen LogP contribution in [0.2, 0.25) is 0 Å². The third-order valence-electron chi connectivity index (χ3n) is 4.69. The molecule has 1 amide bonds. The van der Waals surface area contributed by atoms with E-state index >= 15 is 0 Å². The first-order chi connectivity index (χ1) is 11.2. The van der Waals surface area contributed by atoms with Gasteiger partial charge < -0.3 is 0 Å². The van der Waals surface area contributed by atoms with Gasteiger partial charge in [-0.05, 0) is 48.9 Å². The maximum Gasteiger partial charge on any atom is 0.267 e. The van der Waals surface area contributed by atoms with Gasteiger partial charge in [0.1, 0.15) is 5.82 Å². The summed E-state index contributed by atoms with van der Waals surface area (Å²) in [6.07, 6.45) is 6.91. The number of aromatic amines is 1. The smallest absolute Gasteiger partial charge is 0.267 e. The molecule has 23 heavy (non-hydrogen) atoms. The molecular weight excluding hydrogens is 292 g/mol.